The minimum Gasteiger partial charge on any atom is -0.506 e. The number of hydrogen-bond acceptors (Lipinski definition) is 11. The SMILES string of the molecule is C#CCONC(=O)OC1C(O)C(Oc2ccc3c(O)c(/C(C)=N/OC)c(=O)oc3c2C)O[C@@H](CC)C1C. The number of nitrogens with one attached hydrogen (secondary N) is 1. The molecule has 4 unspecified atom stereocenters. The summed E-state index contributed by atoms with van der Waals surface area (Å²) in [5.41, 5.74) is 1.71. The van der Waals surface area contributed by atoms with Crippen molar-refractivity contribution in [1.82, 2.24) is 5.48 Å². The molecule has 0 spiro atoms. The molecular formula is C25H30N2O10. The molecule has 2 aromatic rings. The van der Waals surface area contributed by atoms with Crippen molar-refractivity contribution in [3.63, 3.8) is 0 Å². The number of amides is 1. The Hall–Kier alpha value is -3.79. The van der Waals surface area contributed by atoms with Gasteiger partial charge in [-0.25, -0.2) is 9.59 Å². The molecule has 1 fully saturated rings. The number of aliphatic hydroxyl groups excluding tert-OH is 1. The fourth-order valence-electron chi connectivity index (χ4n) is 4.20. The second kappa shape index (κ2) is 12.0. The van der Waals surface area contributed by atoms with Gasteiger partial charge < -0.3 is 33.7 Å². The van der Waals surface area contributed by atoms with Gasteiger partial charge in [0.25, 0.3) is 0 Å². The fourth-order valence-corrected chi connectivity index (χ4v) is 4.20. The van der Waals surface area contributed by atoms with Crippen LogP contribution in [0.2, 0.25) is 0 Å². The predicted molar refractivity (Wildman–Crippen MR) is 131 cm³/mol. The number of aromatic hydroxyl groups is 1. The highest BCUT2D eigenvalue weighted by molar-refractivity contribution is 6.04. The van der Waals surface area contributed by atoms with Crippen LogP contribution in [0.1, 0.15) is 38.3 Å². The molecular weight excluding hydrogens is 488 g/mol. The van der Waals surface area contributed by atoms with Crippen LogP contribution in [0.5, 0.6) is 11.5 Å². The number of aliphatic hydroxyl groups is 1. The van der Waals surface area contributed by atoms with E-state index >= 15 is 0 Å². The molecule has 12 nitrogen and oxygen atoms in total. The topological polar surface area (TPSA) is 158 Å². The van der Waals surface area contributed by atoms with E-state index in [1.54, 1.807) is 13.8 Å². The molecule has 5 atom stereocenters. The Bertz CT molecular complexity index is 1260. The van der Waals surface area contributed by atoms with E-state index < -0.39 is 36.3 Å². The van der Waals surface area contributed by atoms with Crippen LogP contribution in [0.15, 0.2) is 26.5 Å². The van der Waals surface area contributed by atoms with Gasteiger partial charge in [-0.3, -0.25) is 4.84 Å². The summed E-state index contributed by atoms with van der Waals surface area (Å²) in [6, 6.07) is 3.04. The maximum absolute atomic E-state index is 12.6. The molecule has 3 N–H and O–H groups in total. The molecule has 2 heterocycles. The predicted octanol–water partition coefficient (Wildman–Crippen LogP) is 2.35. The second-order valence-electron chi connectivity index (χ2n) is 8.42. The van der Waals surface area contributed by atoms with Gasteiger partial charge in [-0.15, -0.1) is 6.42 Å². The minimum atomic E-state index is -1.37. The Labute approximate surface area is 213 Å². The monoisotopic (exact) mass is 518 g/mol. The van der Waals surface area contributed by atoms with Crippen LogP contribution in [0.25, 0.3) is 11.0 Å². The molecule has 1 amide bonds. The molecule has 1 aliphatic heterocycles. The molecule has 3 rings (SSSR count). The van der Waals surface area contributed by atoms with Gasteiger partial charge in [0, 0.05) is 11.5 Å². The highest BCUT2D eigenvalue weighted by Gasteiger charge is 2.46. The average molecular weight is 519 g/mol. The molecule has 1 aliphatic rings. The summed E-state index contributed by atoms with van der Waals surface area (Å²) in [7, 11) is 1.32. The van der Waals surface area contributed by atoms with Gasteiger partial charge in [0.05, 0.1) is 17.2 Å². The van der Waals surface area contributed by atoms with Gasteiger partial charge in [-0.1, -0.05) is 24.9 Å². The quantitative estimate of drug-likeness (QED) is 0.156. The van der Waals surface area contributed by atoms with Crippen LogP contribution in [0.4, 0.5) is 4.79 Å². The first-order valence-corrected chi connectivity index (χ1v) is 11.5. The van der Waals surface area contributed by atoms with E-state index in [2.05, 4.69) is 21.4 Å². The number of terminal acetylenes is 1. The highest BCUT2D eigenvalue weighted by Crippen LogP contribution is 2.36. The van der Waals surface area contributed by atoms with Crippen molar-refractivity contribution in [2.24, 2.45) is 11.1 Å². The van der Waals surface area contributed by atoms with Gasteiger partial charge >= 0.3 is 11.7 Å². The summed E-state index contributed by atoms with van der Waals surface area (Å²) in [6.07, 6.45) is 0.698. The van der Waals surface area contributed by atoms with Crippen LogP contribution >= 0.6 is 0 Å². The molecule has 1 aromatic carbocycles. The molecule has 200 valence electrons. The molecule has 0 radical (unpaired) electrons. The minimum absolute atomic E-state index is 0.0810. The highest BCUT2D eigenvalue weighted by atomic mass is 16.7. The number of carbonyl (C=O) groups excluding carboxylic acids is 1. The summed E-state index contributed by atoms with van der Waals surface area (Å²) in [5.74, 6) is 1.73. The van der Waals surface area contributed by atoms with Crippen molar-refractivity contribution in [1.29, 1.82) is 0 Å². The summed E-state index contributed by atoms with van der Waals surface area (Å²) in [4.78, 5) is 34.2. The first-order chi connectivity index (χ1) is 17.6. The lowest BCUT2D eigenvalue weighted by atomic mass is 9.89. The number of benzene rings is 1. The van der Waals surface area contributed by atoms with E-state index in [0.29, 0.717) is 12.0 Å². The molecule has 0 saturated carbocycles. The third-order valence-corrected chi connectivity index (χ3v) is 6.07. The van der Waals surface area contributed by atoms with Crippen molar-refractivity contribution in [3.8, 4) is 23.8 Å². The number of aryl methyl sites for hydroxylation is 1. The van der Waals surface area contributed by atoms with E-state index in [9.17, 15) is 19.8 Å². The van der Waals surface area contributed by atoms with Gasteiger partial charge in [0.1, 0.15) is 42.5 Å². The van der Waals surface area contributed by atoms with Crippen molar-refractivity contribution in [3.05, 3.63) is 33.7 Å². The zero-order valence-corrected chi connectivity index (χ0v) is 21.1. The van der Waals surface area contributed by atoms with E-state index in [1.807, 2.05) is 6.92 Å². The zero-order valence-electron chi connectivity index (χ0n) is 21.1. The van der Waals surface area contributed by atoms with Gasteiger partial charge in [0.2, 0.25) is 6.29 Å². The number of nitrogens with zero attached hydrogens (tertiary/aromatic N) is 1. The van der Waals surface area contributed by atoms with Crippen LogP contribution in [0.3, 0.4) is 0 Å². The molecule has 0 aliphatic carbocycles. The van der Waals surface area contributed by atoms with Crippen LogP contribution < -0.4 is 15.8 Å². The second-order valence-corrected chi connectivity index (χ2v) is 8.42. The molecule has 12 heteroatoms. The number of carbonyl (C=O) groups is 1. The summed E-state index contributed by atoms with van der Waals surface area (Å²) in [5, 5.41) is 25.6. The molecule has 0 bridgehead atoms. The van der Waals surface area contributed by atoms with E-state index in [0.717, 1.165) is 0 Å². The average Bonchev–Trinajstić information content (AvgIpc) is 2.85. The zero-order chi connectivity index (χ0) is 27.3. The maximum atomic E-state index is 12.6. The third-order valence-electron chi connectivity index (χ3n) is 6.07. The standard InChI is InChI=1S/C25H30N2O10/c1-7-11-33-27-25(31)37-22-12(3)16(8-2)34-24(20(22)29)35-17-10-9-15-19(28)18(14(5)26-32-6)23(30)36-21(15)13(17)4/h1,9-10,12,16,20,22,24,28-29H,8,11H2,2-6H3,(H,27,31)/b26-14+/t12?,16-,20?,22?,24?/m0/s1. The smallest absolute Gasteiger partial charge is 0.431 e. The Kier molecular flexibility index (Phi) is 8.99. The number of fused-ring (bicyclic) bond motifs is 1. The lowest BCUT2D eigenvalue weighted by Gasteiger charge is -2.42. The first-order valence-electron chi connectivity index (χ1n) is 11.5. The molecule has 37 heavy (non-hydrogen) atoms. The largest absolute Gasteiger partial charge is 0.506 e. The Balaban J connectivity index is 1.91. The molecule has 1 saturated heterocycles. The van der Waals surface area contributed by atoms with E-state index in [4.69, 9.17) is 29.9 Å². The van der Waals surface area contributed by atoms with Crippen molar-refractivity contribution < 1.29 is 43.3 Å². The van der Waals surface area contributed by atoms with Gasteiger partial charge in [0.15, 0.2) is 6.10 Å². The molecule has 1 aromatic heterocycles. The fraction of sp³-hybridized carbons (Fsp3) is 0.480. The maximum Gasteiger partial charge on any atom is 0.431 e. The first kappa shape index (κ1) is 27.8. The lowest BCUT2D eigenvalue weighted by molar-refractivity contribution is -0.255. The normalized spacial score (nSPS) is 23.8. The third kappa shape index (κ3) is 5.80. The van der Waals surface area contributed by atoms with Crippen molar-refractivity contribution in [2.45, 2.75) is 58.7 Å². The number of oxime groups is 1. The summed E-state index contributed by atoms with van der Waals surface area (Å²) in [6.45, 7) is 6.62. The van der Waals surface area contributed by atoms with Crippen molar-refractivity contribution >= 4 is 22.8 Å². The number of hydrogen-bond donors (Lipinski definition) is 3. The van der Waals surface area contributed by atoms with E-state index in [1.165, 1.54) is 26.2 Å². The van der Waals surface area contributed by atoms with Gasteiger partial charge in [-0.05, 0) is 32.4 Å². The van der Waals surface area contributed by atoms with Crippen LogP contribution in [-0.2, 0) is 19.1 Å². The number of ether oxygens (including phenoxy) is 3. The number of rotatable bonds is 8. The number of hydroxylamine groups is 1. The Morgan fingerprint density at radius 1 is 1.35 bits per heavy atom. The summed E-state index contributed by atoms with van der Waals surface area (Å²) < 4.78 is 22.8. The Morgan fingerprint density at radius 3 is 2.73 bits per heavy atom. The Morgan fingerprint density at radius 2 is 2.08 bits per heavy atom. The lowest BCUT2D eigenvalue weighted by Crippen LogP contribution is -2.57. The van der Waals surface area contributed by atoms with E-state index in [-0.39, 0.29) is 46.3 Å². The summed E-state index contributed by atoms with van der Waals surface area (Å²) >= 11 is 0. The van der Waals surface area contributed by atoms with Crippen LogP contribution in [-0.4, -0.2) is 60.3 Å². The van der Waals surface area contributed by atoms with Crippen LogP contribution in [0, 0.1) is 25.2 Å². The van der Waals surface area contributed by atoms with Crippen molar-refractivity contribution in [2.75, 3.05) is 13.7 Å². The van der Waals surface area contributed by atoms with Gasteiger partial charge in [-0.2, -0.15) is 5.48 Å².